The van der Waals surface area contributed by atoms with Crippen LogP contribution in [0.5, 0.6) is 11.5 Å². The molecule has 1 aromatic carbocycles. The van der Waals surface area contributed by atoms with Gasteiger partial charge >= 0.3 is 0 Å². The van der Waals surface area contributed by atoms with Crippen LogP contribution in [0.25, 0.3) is 11.3 Å². The van der Waals surface area contributed by atoms with Gasteiger partial charge in [-0.25, -0.2) is 0 Å². The molecule has 0 amide bonds. The lowest BCUT2D eigenvalue weighted by Gasteiger charge is -2.08. The fourth-order valence-corrected chi connectivity index (χ4v) is 1.88. The van der Waals surface area contributed by atoms with Crippen molar-refractivity contribution in [2.45, 2.75) is 6.42 Å². The zero-order valence-corrected chi connectivity index (χ0v) is 10.6. The maximum absolute atomic E-state index is 8.90. The summed E-state index contributed by atoms with van der Waals surface area (Å²) in [6.45, 7) is 0.156. The van der Waals surface area contributed by atoms with Gasteiger partial charge in [0.15, 0.2) is 11.5 Å². The van der Waals surface area contributed by atoms with Crippen molar-refractivity contribution in [1.29, 1.82) is 0 Å². The van der Waals surface area contributed by atoms with Gasteiger partial charge in [0.05, 0.1) is 14.2 Å². The Morgan fingerprint density at radius 2 is 1.89 bits per heavy atom. The summed E-state index contributed by atoms with van der Waals surface area (Å²) in [4.78, 5) is 3.19. The number of methoxy groups -OCH3 is 2. The second-order valence-corrected chi connectivity index (χ2v) is 3.96. The number of hydrogen-bond acceptors (Lipinski definition) is 3. The highest BCUT2D eigenvalue weighted by Crippen LogP contribution is 2.31. The number of aromatic nitrogens is 1. The molecule has 0 spiro atoms. The summed E-state index contributed by atoms with van der Waals surface area (Å²) in [6, 6.07) is 7.79. The third kappa shape index (κ3) is 2.49. The van der Waals surface area contributed by atoms with Gasteiger partial charge < -0.3 is 19.6 Å². The molecule has 0 saturated heterocycles. The van der Waals surface area contributed by atoms with Crippen molar-refractivity contribution in [3.63, 3.8) is 0 Å². The van der Waals surface area contributed by atoms with E-state index in [2.05, 4.69) is 4.98 Å². The first kappa shape index (κ1) is 12.5. The van der Waals surface area contributed by atoms with Crippen molar-refractivity contribution in [2.75, 3.05) is 20.8 Å². The predicted molar refractivity (Wildman–Crippen MR) is 70.1 cm³/mol. The van der Waals surface area contributed by atoms with Gasteiger partial charge in [-0.05, 0) is 36.2 Å². The van der Waals surface area contributed by atoms with E-state index in [0.29, 0.717) is 17.9 Å². The lowest BCUT2D eigenvalue weighted by molar-refractivity contribution is 0.299. The van der Waals surface area contributed by atoms with Crippen LogP contribution in [0.15, 0.2) is 30.5 Å². The summed E-state index contributed by atoms with van der Waals surface area (Å²) in [7, 11) is 3.24. The van der Waals surface area contributed by atoms with Gasteiger partial charge in [-0.3, -0.25) is 0 Å². The molecule has 0 aliphatic heterocycles. The van der Waals surface area contributed by atoms with Gasteiger partial charge in [-0.2, -0.15) is 0 Å². The van der Waals surface area contributed by atoms with Gasteiger partial charge in [0.2, 0.25) is 0 Å². The van der Waals surface area contributed by atoms with E-state index < -0.39 is 0 Å². The van der Waals surface area contributed by atoms with E-state index in [4.69, 9.17) is 14.6 Å². The van der Waals surface area contributed by atoms with Crippen LogP contribution < -0.4 is 9.47 Å². The Morgan fingerprint density at radius 1 is 1.11 bits per heavy atom. The van der Waals surface area contributed by atoms with Crippen molar-refractivity contribution in [3.05, 3.63) is 36.0 Å². The summed E-state index contributed by atoms with van der Waals surface area (Å²) < 4.78 is 10.5. The van der Waals surface area contributed by atoms with Crippen LogP contribution in [0.1, 0.15) is 5.56 Å². The number of aliphatic hydroxyl groups is 1. The highest BCUT2D eigenvalue weighted by Gasteiger charge is 2.07. The maximum Gasteiger partial charge on any atom is 0.161 e. The van der Waals surface area contributed by atoms with Gasteiger partial charge in [-0.1, -0.05) is 0 Å². The maximum atomic E-state index is 8.90. The molecule has 0 fully saturated rings. The lowest BCUT2D eigenvalue weighted by atomic mass is 10.1. The Morgan fingerprint density at radius 3 is 2.56 bits per heavy atom. The molecule has 96 valence electrons. The third-order valence-electron chi connectivity index (χ3n) is 2.84. The van der Waals surface area contributed by atoms with E-state index in [1.165, 1.54) is 0 Å². The summed E-state index contributed by atoms with van der Waals surface area (Å²) in [5.74, 6) is 1.41. The average Bonchev–Trinajstić information content (AvgIpc) is 2.87. The first-order valence-corrected chi connectivity index (χ1v) is 5.79. The van der Waals surface area contributed by atoms with Gasteiger partial charge in [0, 0.05) is 24.1 Å². The normalized spacial score (nSPS) is 10.4. The van der Waals surface area contributed by atoms with Crippen molar-refractivity contribution in [2.24, 2.45) is 0 Å². The highest BCUT2D eigenvalue weighted by molar-refractivity contribution is 5.64. The monoisotopic (exact) mass is 247 g/mol. The van der Waals surface area contributed by atoms with Crippen LogP contribution in [0.2, 0.25) is 0 Å². The lowest BCUT2D eigenvalue weighted by Crippen LogP contribution is -1.90. The molecule has 0 atom stereocenters. The topological polar surface area (TPSA) is 54.5 Å². The Balaban J connectivity index is 2.31. The third-order valence-corrected chi connectivity index (χ3v) is 2.84. The van der Waals surface area contributed by atoms with Crippen molar-refractivity contribution in [3.8, 4) is 22.8 Å². The zero-order chi connectivity index (χ0) is 13.0. The van der Waals surface area contributed by atoms with Crippen LogP contribution in [0, 0.1) is 0 Å². The average molecular weight is 247 g/mol. The number of H-pyrrole nitrogens is 1. The van der Waals surface area contributed by atoms with Crippen LogP contribution in [-0.2, 0) is 6.42 Å². The van der Waals surface area contributed by atoms with Crippen molar-refractivity contribution >= 4 is 0 Å². The van der Waals surface area contributed by atoms with Gasteiger partial charge in [0.25, 0.3) is 0 Å². The van der Waals surface area contributed by atoms with E-state index in [-0.39, 0.29) is 6.61 Å². The SMILES string of the molecule is COc1ccc(-c2cc(CCO)c[nH]2)cc1OC. The molecule has 18 heavy (non-hydrogen) atoms. The van der Waals surface area contributed by atoms with E-state index in [1.54, 1.807) is 14.2 Å². The van der Waals surface area contributed by atoms with Gasteiger partial charge in [0.1, 0.15) is 0 Å². The molecule has 1 heterocycles. The fraction of sp³-hybridized carbons (Fsp3) is 0.286. The molecule has 0 aliphatic carbocycles. The fourth-order valence-electron chi connectivity index (χ4n) is 1.88. The Kier molecular flexibility index (Phi) is 3.89. The van der Waals surface area contributed by atoms with Crippen LogP contribution in [-0.4, -0.2) is 30.9 Å². The highest BCUT2D eigenvalue weighted by atomic mass is 16.5. The van der Waals surface area contributed by atoms with E-state index in [0.717, 1.165) is 16.8 Å². The summed E-state index contributed by atoms with van der Waals surface area (Å²) in [5, 5.41) is 8.90. The van der Waals surface area contributed by atoms with Crippen LogP contribution >= 0.6 is 0 Å². The molecule has 0 unspecified atom stereocenters. The molecule has 0 saturated carbocycles. The predicted octanol–water partition coefficient (Wildman–Crippen LogP) is 2.23. The molecule has 0 radical (unpaired) electrons. The molecule has 2 N–H and O–H groups in total. The number of benzene rings is 1. The molecular weight excluding hydrogens is 230 g/mol. The van der Waals surface area contributed by atoms with Crippen molar-refractivity contribution < 1.29 is 14.6 Å². The van der Waals surface area contributed by atoms with Gasteiger partial charge in [-0.15, -0.1) is 0 Å². The summed E-state index contributed by atoms with van der Waals surface area (Å²) in [6.07, 6.45) is 2.56. The Labute approximate surface area is 106 Å². The minimum Gasteiger partial charge on any atom is -0.493 e. The zero-order valence-electron chi connectivity index (χ0n) is 10.6. The summed E-state index contributed by atoms with van der Waals surface area (Å²) in [5.41, 5.74) is 3.11. The Bertz CT molecular complexity index is 520. The molecule has 2 rings (SSSR count). The molecule has 0 aliphatic rings. The van der Waals surface area contributed by atoms with E-state index >= 15 is 0 Å². The first-order valence-electron chi connectivity index (χ1n) is 5.79. The minimum absolute atomic E-state index is 0.156. The molecule has 4 nitrogen and oxygen atoms in total. The number of hydrogen-bond donors (Lipinski definition) is 2. The number of aliphatic hydroxyl groups excluding tert-OH is 1. The molecule has 4 heteroatoms. The Hall–Kier alpha value is -1.94. The largest absolute Gasteiger partial charge is 0.493 e. The quantitative estimate of drug-likeness (QED) is 0.852. The van der Waals surface area contributed by atoms with Crippen molar-refractivity contribution in [1.82, 2.24) is 4.98 Å². The standard InChI is InChI=1S/C14H17NO3/c1-17-13-4-3-11(8-14(13)18-2)12-7-10(5-6-16)9-15-12/h3-4,7-9,15-16H,5-6H2,1-2H3. The van der Waals surface area contributed by atoms with Crippen LogP contribution in [0.3, 0.4) is 0 Å². The first-order chi connectivity index (χ1) is 8.78. The van der Waals surface area contributed by atoms with E-state index in [1.807, 2.05) is 30.5 Å². The second-order valence-electron chi connectivity index (χ2n) is 3.96. The molecule has 1 aromatic heterocycles. The second kappa shape index (κ2) is 5.60. The number of nitrogens with one attached hydrogen (secondary N) is 1. The van der Waals surface area contributed by atoms with Crippen LogP contribution in [0.4, 0.5) is 0 Å². The number of ether oxygens (including phenoxy) is 2. The van der Waals surface area contributed by atoms with E-state index in [9.17, 15) is 0 Å². The minimum atomic E-state index is 0.156. The molecule has 0 bridgehead atoms. The smallest absolute Gasteiger partial charge is 0.161 e. The molecular formula is C14H17NO3. The summed E-state index contributed by atoms with van der Waals surface area (Å²) >= 11 is 0. The number of aromatic amines is 1. The molecule has 2 aromatic rings. The number of rotatable bonds is 5.